The molecule has 129 heavy (non-hydrogen) atoms. The van der Waals surface area contributed by atoms with Gasteiger partial charge in [0.05, 0.1) is 55.5 Å². The summed E-state index contributed by atoms with van der Waals surface area (Å²) in [5.41, 5.74) is 38.6. The third-order valence-corrected chi connectivity index (χ3v) is 28.0. The molecule has 0 atom stereocenters. The van der Waals surface area contributed by atoms with E-state index in [1.54, 1.807) is 0 Å². The third-order valence-electron chi connectivity index (χ3n) is 28.0. The van der Waals surface area contributed by atoms with Gasteiger partial charge >= 0.3 is 0 Å². The highest BCUT2D eigenvalue weighted by molar-refractivity contribution is 7.00. The number of anilines is 6. The van der Waals surface area contributed by atoms with Gasteiger partial charge in [0.2, 0.25) is 0 Å². The molecule has 21 aromatic rings. The molecule has 6 heterocycles. The van der Waals surface area contributed by atoms with Gasteiger partial charge in [-0.2, -0.15) is 0 Å². The summed E-state index contributed by atoms with van der Waals surface area (Å²) in [4.78, 5) is 5.45. The number of para-hydroxylation sites is 3. The van der Waals surface area contributed by atoms with E-state index in [2.05, 4.69) is 496 Å². The molecule has 0 bridgehead atoms. The van der Waals surface area contributed by atoms with Crippen LogP contribution in [0, 0.1) is 0 Å². The fourth-order valence-electron chi connectivity index (χ4n) is 21.2. The van der Waals surface area contributed by atoms with Gasteiger partial charge in [-0.05, 0) is 256 Å². The Kier molecular flexibility index (Phi) is 17.9. The van der Waals surface area contributed by atoms with Crippen molar-refractivity contribution in [3.8, 4) is 67.3 Å². The molecule has 0 fully saturated rings. The zero-order valence-electron chi connectivity index (χ0n) is 76.4. The van der Waals surface area contributed by atoms with Crippen molar-refractivity contribution in [1.29, 1.82) is 0 Å². The molecule has 0 saturated heterocycles. The summed E-state index contributed by atoms with van der Waals surface area (Å²) in [5.74, 6) is 0. The van der Waals surface area contributed by atoms with E-state index in [1.165, 1.54) is 115 Å². The highest BCUT2D eigenvalue weighted by Gasteiger charge is 2.46. The molecule has 23 rings (SSSR count). The van der Waals surface area contributed by atoms with E-state index in [0.29, 0.717) is 0 Å². The second kappa shape index (κ2) is 29.1. The third kappa shape index (κ3) is 12.9. The normalized spacial score (nSPS) is 13.2. The van der Waals surface area contributed by atoms with Crippen LogP contribution in [0.1, 0.15) is 132 Å². The fraction of sp³-hybridized carbons (Fsp3) is 0.164. The minimum Gasteiger partial charge on any atom is -0.311 e. The minimum atomic E-state index is -0.333. The van der Waals surface area contributed by atoms with Gasteiger partial charge < -0.3 is 28.1 Å². The van der Waals surface area contributed by atoms with Crippen molar-refractivity contribution in [2.24, 2.45) is 0 Å². The summed E-state index contributed by atoms with van der Waals surface area (Å²) in [6, 6.07) is 141. The average molecular weight is 1670 g/mol. The van der Waals surface area contributed by atoms with Crippen molar-refractivity contribution in [2.75, 3.05) is 9.80 Å². The Balaban J connectivity index is 0.900. The lowest BCUT2D eigenvalue weighted by Gasteiger charge is -2.45. The molecule has 4 aromatic heterocycles. The van der Waals surface area contributed by atoms with Crippen molar-refractivity contribution >= 4 is 144 Å². The number of aromatic nitrogens is 4. The maximum absolute atomic E-state index is 2.76. The number of rotatable bonds is 10. The zero-order valence-corrected chi connectivity index (χ0v) is 76.4. The number of hydrogen-bond acceptors (Lipinski definition) is 2. The molecule has 0 saturated carbocycles. The summed E-state index contributed by atoms with van der Waals surface area (Å²) >= 11 is 0. The van der Waals surface area contributed by atoms with Crippen LogP contribution in [0.4, 0.5) is 34.1 Å². The quantitative estimate of drug-likeness (QED) is 0.128. The van der Waals surface area contributed by atoms with E-state index >= 15 is 0 Å². The summed E-state index contributed by atoms with van der Waals surface area (Å²) in [5, 5.41) is 9.79. The van der Waals surface area contributed by atoms with E-state index < -0.39 is 0 Å². The first-order valence-electron chi connectivity index (χ1n) is 46.0. The Morgan fingerprint density at radius 1 is 0.186 bits per heavy atom. The van der Waals surface area contributed by atoms with Crippen LogP contribution in [-0.4, -0.2) is 25.0 Å². The molecule has 0 spiro atoms. The molecule has 0 unspecified atom stereocenters. The molecule has 0 amide bonds. The summed E-state index contributed by atoms with van der Waals surface area (Å²) < 4.78 is 10.2. The van der Waals surface area contributed by atoms with Crippen molar-refractivity contribution in [1.82, 2.24) is 18.3 Å². The molecule has 17 aromatic carbocycles. The number of benzene rings is 17. The molecule has 6 nitrogen and oxygen atoms in total. The van der Waals surface area contributed by atoms with Gasteiger partial charge in [0.15, 0.2) is 0 Å². The van der Waals surface area contributed by atoms with Crippen LogP contribution in [0.3, 0.4) is 0 Å². The van der Waals surface area contributed by atoms with Gasteiger partial charge in [-0.25, -0.2) is 0 Å². The molecule has 0 radical (unpaired) electrons. The minimum absolute atomic E-state index is 0.0886. The van der Waals surface area contributed by atoms with Crippen LogP contribution in [0.2, 0.25) is 0 Å². The first-order chi connectivity index (χ1) is 62.1. The second-order valence-electron chi connectivity index (χ2n) is 41.4. The molecule has 2 aliphatic heterocycles. The highest BCUT2D eigenvalue weighted by atomic mass is 15.2. The molecule has 0 aliphatic carbocycles. The SMILES string of the molecule is CC(C)(C)c1cc(-c2ccccc2)c(N2c3cc(-n4c5ccc(C(C)(C)C)cc5c5cc(C(C)(C)C)ccc54)ccc3B3c4ccc(-n5c6ccc(C(C)(C)C)cc6c6cc(C(C)(C)C)ccc65)cc4N(c4cc(-c5ccccc5)cc(-c5ccccc5)c4)c4cc(-n5c6ccccc6c6cc(-n7c8ccccc8c8ccccc87)ccc65)cc2c43)c(-c2ccccc2)c1. The Labute approximate surface area is 757 Å². The van der Waals surface area contributed by atoms with E-state index in [-0.39, 0.29) is 33.8 Å². The predicted molar refractivity (Wildman–Crippen MR) is 553 cm³/mol. The lowest BCUT2D eigenvalue weighted by molar-refractivity contribution is 0.590. The Hall–Kier alpha value is -14.4. The topological polar surface area (TPSA) is 26.2 Å². The van der Waals surface area contributed by atoms with E-state index in [9.17, 15) is 0 Å². The van der Waals surface area contributed by atoms with Crippen LogP contribution < -0.4 is 26.2 Å². The molecule has 7 heteroatoms. The van der Waals surface area contributed by atoms with Gasteiger partial charge in [0, 0.05) is 99.7 Å². The molecule has 0 N–H and O–H groups in total. The van der Waals surface area contributed by atoms with Gasteiger partial charge in [-0.3, -0.25) is 0 Å². The number of nitrogens with zero attached hydrogens (tertiary/aromatic N) is 6. The van der Waals surface area contributed by atoms with Gasteiger partial charge in [0.25, 0.3) is 6.71 Å². The van der Waals surface area contributed by atoms with Crippen molar-refractivity contribution in [2.45, 2.75) is 131 Å². The van der Waals surface area contributed by atoms with Crippen LogP contribution in [0.5, 0.6) is 0 Å². The predicted octanol–water partition coefficient (Wildman–Crippen LogP) is 31.3. The van der Waals surface area contributed by atoms with Crippen molar-refractivity contribution < 1.29 is 0 Å². The Morgan fingerprint density at radius 3 is 0.853 bits per heavy atom. The molecular formula is C122H105BN6. The Bertz CT molecular complexity index is 7870. The zero-order chi connectivity index (χ0) is 88.2. The molecule has 2 aliphatic rings. The second-order valence-corrected chi connectivity index (χ2v) is 41.4. The Morgan fingerprint density at radius 2 is 0.473 bits per heavy atom. The largest absolute Gasteiger partial charge is 0.311 e. The molecular weight excluding hydrogens is 1560 g/mol. The summed E-state index contributed by atoms with van der Waals surface area (Å²) in [6.07, 6.45) is 0. The van der Waals surface area contributed by atoms with Crippen LogP contribution in [-0.2, 0) is 27.1 Å². The number of hydrogen-bond donors (Lipinski definition) is 0. The van der Waals surface area contributed by atoms with Crippen LogP contribution in [0.15, 0.2) is 364 Å². The van der Waals surface area contributed by atoms with Crippen molar-refractivity contribution in [3.05, 3.63) is 392 Å². The monoisotopic (exact) mass is 1660 g/mol. The van der Waals surface area contributed by atoms with Crippen molar-refractivity contribution in [3.63, 3.8) is 0 Å². The first-order valence-corrected chi connectivity index (χ1v) is 46.0. The highest BCUT2D eigenvalue weighted by Crippen LogP contribution is 2.55. The van der Waals surface area contributed by atoms with E-state index in [4.69, 9.17) is 0 Å². The van der Waals surface area contributed by atoms with Crippen LogP contribution >= 0.6 is 0 Å². The number of fused-ring (bicyclic) bond motifs is 16. The summed E-state index contributed by atoms with van der Waals surface area (Å²) in [6.45, 7) is 34.9. The average Bonchev–Trinajstić information content (AvgIpc) is 1.48. The van der Waals surface area contributed by atoms with Gasteiger partial charge in [-0.15, -0.1) is 0 Å². The summed E-state index contributed by atoms with van der Waals surface area (Å²) in [7, 11) is 0. The van der Waals surface area contributed by atoms with Gasteiger partial charge in [-0.1, -0.05) is 316 Å². The lowest BCUT2D eigenvalue weighted by Crippen LogP contribution is -2.61. The smallest absolute Gasteiger partial charge is 0.252 e. The van der Waals surface area contributed by atoms with Gasteiger partial charge in [0.1, 0.15) is 0 Å². The van der Waals surface area contributed by atoms with E-state index in [1.807, 2.05) is 0 Å². The first kappa shape index (κ1) is 79.3. The maximum atomic E-state index is 2.76. The molecule has 626 valence electrons. The van der Waals surface area contributed by atoms with Crippen LogP contribution in [0.25, 0.3) is 154 Å². The lowest BCUT2D eigenvalue weighted by atomic mass is 9.33. The maximum Gasteiger partial charge on any atom is 0.252 e. The standard InChI is InChI=1S/C122H105BN6/c1-118(2,3)82-48-57-107-97(65-82)98-66-83(119(4,5)6)49-58-108(98)125(107)88-52-55-102-112(72-88)128(90-63-80(76-34-20-16-21-35-76)62-81(64-90)77-36-22-17-23-37-77)114-74-91(127-106-47-33-30-44-94(106)101-71-87(54-61-111(101)127)124-104-45-31-28-42-92(104)93-43-29-32-46-105(93)124)75-115-116(114)123(102)103-56-53-89(126-109-59-50-84(120(7,8)9)67-99(109)100-68-85(121(10,11)12)51-60-110(100)126)73-113(103)129(115)117-95(78-38-24-18-25-39-78)69-86(122(13,14)15)70-96(117)79-40-26-19-27-41-79/h16-75H,1-15H3. The fourth-order valence-corrected chi connectivity index (χ4v) is 21.2. The van der Waals surface area contributed by atoms with E-state index in [0.717, 1.165) is 118 Å².